The number of rotatable bonds is 7. The number of hydrogen-bond acceptors (Lipinski definition) is 3. The number of allylic oxidation sites excluding steroid dienone is 5. The summed E-state index contributed by atoms with van der Waals surface area (Å²) in [6, 6.07) is 8.26. The summed E-state index contributed by atoms with van der Waals surface area (Å²) in [5, 5.41) is 11.4. The zero-order valence-electron chi connectivity index (χ0n) is 16.8. The molecule has 0 unspecified atom stereocenters. The van der Waals surface area contributed by atoms with Crippen LogP contribution in [0.5, 0.6) is 0 Å². The highest BCUT2D eigenvalue weighted by Crippen LogP contribution is 2.45. The number of benzene rings is 1. The average molecular weight is 383 g/mol. The Morgan fingerprint density at radius 1 is 1.11 bits per heavy atom. The summed E-state index contributed by atoms with van der Waals surface area (Å²) >= 11 is 0. The monoisotopic (exact) mass is 382 g/mol. The van der Waals surface area contributed by atoms with E-state index >= 15 is 0 Å². The highest BCUT2D eigenvalue weighted by molar-refractivity contribution is 6.08. The molecular formula is C23H30N2O3. The minimum Gasteiger partial charge on any atom is -0.353 e. The van der Waals surface area contributed by atoms with Crippen LogP contribution in [0, 0.1) is 0 Å². The van der Waals surface area contributed by atoms with E-state index in [1.807, 2.05) is 26.0 Å². The van der Waals surface area contributed by atoms with Gasteiger partial charge in [0.25, 0.3) is 0 Å². The van der Waals surface area contributed by atoms with Crippen LogP contribution >= 0.6 is 0 Å². The molecule has 5 heteroatoms. The Balaban J connectivity index is 0.00000136. The van der Waals surface area contributed by atoms with Gasteiger partial charge in [-0.15, -0.1) is 0 Å². The Morgan fingerprint density at radius 2 is 1.86 bits per heavy atom. The molecule has 0 saturated heterocycles. The van der Waals surface area contributed by atoms with Gasteiger partial charge in [0, 0.05) is 19.0 Å². The van der Waals surface area contributed by atoms with Gasteiger partial charge in [0.1, 0.15) is 0 Å². The van der Waals surface area contributed by atoms with E-state index in [9.17, 15) is 9.59 Å². The Kier molecular flexibility index (Phi) is 8.69. The number of hydrogen-bond donors (Lipinski definition) is 3. The molecular weight excluding hydrogens is 352 g/mol. The number of hydroxylamine groups is 1. The van der Waals surface area contributed by atoms with Gasteiger partial charge in [-0.2, -0.15) is 0 Å². The van der Waals surface area contributed by atoms with Crippen molar-refractivity contribution in [1.82, 2.24) is 10.8 Å². The summed E-state index contributed by atoms with van der Waals surface area (Å²) in [7, 11) is 0. The first-order valence-corrected chi connectivity index (χ1v) is 10.1. The lowest BCUT2D eigenvalue weighted by Gasteiger charge is -2.09. The SMILES string of the molecule is CC.O=C(/C=C1\C2=C(CCC=C2)c2ccccc21)NCCCCCC(=O)NO. The molecule has 150 valence electrons. The van der Waals surface area contributed by atoms with E-state index in [0.29, 0.717) is 19.4 Å². The molecule has 5 nitrogen and oxygen atoms in total. The number of amides is 2. The predicted molar refractivity (Wildman–Crippen MR) is 112 cm³/mol. The van der Waals surface area contributed by atoms with Gasteiger partial charge in [-0.05, 0) is 53.5 Å². The number of carbonyl (C=O) groups excluding carboxylic acids is 2. The molecule has 0 aliphatic heterocycles. The third-order valence-electron chi connectivity index (χ3n) is 4.78. The van der Waals surface area contributed by atoms with E-state index in [-0.39, 0.29) is 11.8 Å². The second-order valence-corrected chi connectivity index (χ2v) is 6.57. The van der Waals surface area contributed by atoms with Gasteiger partial charge < -0.3 is 5.32 Å². The molecule has 0 atom stereocenters. The number of carbonyl (C=O) groups is 2. The molecule has 1 aromatic rings. The van der Waals surface area contributed by atoms with Crippen LogP contribution in [0.15, 0.2) is 48.1 Å². The van der Waals surface area contributed by atoms with Gasteiger partial charge in [-0.1, -0.05) is 56.7 Å². The van der Waals surface area contributed by atoms with Crippen molar-refractivity contribution < 1.29 is 14.8 Å². The predicted octanol–water partition coefficient (Wildman–Crippen LogP) is 4.40. The highest BCUT2D eigenvalue weighted by atomic mass is 16.5. The fraction of sp³-hybridized carbons (Fsp3) is 0.391. The minimum absolute atomic E-state index is 0.0874. The molecule has 28 heavy (non-hydrogen) atoms. The maximum Gasteiger partial charge on any atom is 0.244 e. The number of unbranched alkanes of at least 4 members (excludes halogenated alkanes) is 2. The van der Waals surface area contributed by atoms with Crippen molar-refractivity contribution in [3.63, 3.8) is 0 Å². The summed E-state index contributed by atoms with van der Waals surface area (Å²) < 4.78 is 0. The molecule has 0 spiro atoms. The molecule has 2 aliphatic carbocycles. The second-order valence-electron chi connectivity index (χ2n) is 6.57. The van der Waals surface area contributed by atoms with Crippen molar-refractivity contribution in [3.8, 4) is 0 Å². The lowest BCUT2D eigenvalue weighted by Crippen LogP contribution is -2.22. The van der Waals surface area contributed by atoms with Crippen molar-refractivity contribution in [1.29, 1.82) is 0 Å². The Bertz CT molecular complexity index is 791. The van der Waals surface area contributed by atoms with Gasteiger partial charge in [-0.3, -0.25) is 14.8 Å². The fourth-order valence-electron chi connectivity index (χ4n) is 3.51. The normalized spacial score (nSPS) is 15.5. The maximum absolute atomic E-state index is 12.3. The third-order valence-corrected chi connectivity index (χ3v) is 4.78. The van der Waals surface area contributed by atoms with Crippen LogP contribution in [0.4, 0.5) is 0 Å². The quantitative estimate of drug-likeness (QED) is 0.283. The summed E-state index contributed by atoms with van der Waals surface area (Å²) in [6.07, 6.45) is 10.7. The van der Waals surface area contributed by atoms with E-state index in [0.717, 1.165) is 36.8 Å². The summed E-state index contributed by atoms with van der Waals surface area (Å²) in [5.41, 5.74) is 7.51. The van der Waals surface area contributed by atoms with Crippen molar-refractivity contribution in [2.24, 2.45) is 0 Å². The Morgan fingerprint density at radius 3 is 2.61 bits per heavy atom. The first-order chi connectivity index (χ1) is 13.7. The lowest BCUT2D eigenvalue weighted by atomic mass is 9.96. The van der Waals surface area contributed by atoms with Gasteiger partial charge in [0.2, 0.25) is 11.8 Å². The smallest absolute Gasteiger partial charge is 0.244 e. The van der Waals surface area contributed by atoms with Crippen molar-refractivity contribution in [2.45, 2.75) is 52.4 Å². The first-order valence-electron chi connectivity index (χ1n) is 10.1. The van der Waals surface area contributed by atoms with Crippen LogP contribution in [0.1, 0.15) is 63.5 Å². The average Bonchev–Trinajstić information content (AvgIpc) is 3.06. The molecule has 3 rings (SSSR count). The van der Waals surface area contributed by atoms with Gasteiger partial charge in [-0.25, -0.2) is 5.48 Å². The van der Waals surface area contributed by atoms with E-state index in [2.05, 4.69) is 29.6 Å². The zero-order valence-corrected chi connectivity index (χ0v) is 16.8. The van der Waals surface area contributed by atoms with Crippen LogP contribution in [-0.4, -0.2) is 23.6 Å². The molecule has 1 aromatic carbocycles. The summed E-state index contributed by atoms with van der Waals surface area (Å²) in [5.74, 6) is -0.459. The molecule has 0 aromatic heterocycles. The topological polar surface area (TPSA) is 78.4 Å². The number of nitrogens with one attached hydrogen (secondary N) is 2. The maximum atomic E-state index is 12.3. The van der Waals surface area contributed by atoms with Crippen molar-refractivity contribution in [3.05, 3.63) is 59.2 Å². The van der Waals surface area contributed by atoms with E-state index in [1.165, 1.54) is 16.7 Å². The first kappa shape index (κ1) is 21.6. The van der Waals surface area contributed by atoms with Crippen LogP contribution < -0.4 is 10.8 Å². The van der Waals surface area contributed by atoms with Gasteiger partial charge in [0.15, 0.2) is 0 Å². The standard InChI is InChI=1S/C21H24N2O3.C2H6/c24-20(23-26)12-2-1-7-13-22-21(25)14-19-17-10-5-3-8-15(17)16-9-4-6-11-18(16)19;1-2/h3,5-6,8,10-11,14,26H,1-2,4,7,9,12-13H2,(H,22,25)(H,23,24);1-2H3/b19-14-;. The molecule has 0 heterocycles. The number of fused-ring (bicyclic) bond motifs is 2. The molecule has 2 aliphatic rings. The van der Waals surface area contributed by atoms with Crippen LogP contribution in [-0.2, 0) is 9.59 Å². The molecule has 0 saturated carbocycles. The van der Waals surface area contributed by atoms with E-state index in [1.54, 1.807) is 11.6 Å². The van der Waals surface area contributed by atoms with Gasteiger partial charge >= 0.3 is 0 Å². The van der Waals surface area contributed by atoms with Crippen molar-refractivity contribution >= 4 is 23.0 Å². The van der Waals surface area contributed by atoms with E-state index in [4.69, 9.17) is 5.21 Å². The molecule has 0 radical (unpaired) electrons. The molecule has 0 bridgehead atoms. The highest BCUT2D eigenvalue weighted by Gasteiger charge is 2.25. The fourth-order valence-corrected chi connectivity index (χ4v) is 3.51. The minimum atomic E-state index is -0.372. The second kappa shape index (κ2) is 11.2. The molecule has 0 fully saturated rings. The lowest BCUT2D eigenvalue weighted by molar-refractivity contribution is -0.129. The Labute approximate surface area is 167 Å². The van der Waals surface area contributed by atoms with Crippen LogP contribution in [0.25, 0.3) is 11.1 Å². The van der Waals surface area contributed by atoms with Crippen molar-refractivity contribution in [2.75, 3.05) is 6.54 Å². The van der Waals surface area contributed by atoms with Gasteiger partial charge in [0.05, 0.1) is 0 Å². The van der Waals surface area contributed by atoms with Crippen LogP contribution in [0.3, 0.4) is 0 Å². The third kappa shape index (κ3) is 5.42. The molecule has 2 amide bonds. The van der Waals surface area contributed by atoms with Crippen LogP contribution in [0.2, 0.25) is 0 Å². The largest absolute Gasteiger partial charge is 0.353 e. The zero-order chi connectivity index (χ0) is 20.4. The van der Waals surface area contributed by atoms with E-state index < -0.39 is 0 Å². The summed E-state index contributed by atoms with van der Waals surface area (Å²) in [4.78, 5) is 23.3. The Hall–Kier alpha value is -2.66. The molecule has 3 N–H and O–H groups in total. The summed E-state index contributed by atoms with van der Waals surface area (Å²) in [6.45, 7) is 4.58.